The normalized spacial score (nSPS) is 10.7. The molecule has 3 aromatic rings. The summed E-state index contributed by atoms with van der Waals surface area (Å²) in [5.41, 5.74) is 1.53. The number of aromatic nitrogens is 3. The van der Waals surface area contributed by atoms with Crippen LogP contribution < -0.4 is 4.74 Å². The number of hydrogen-bond acceptors (Lipinski definition) is 4. The Balaban J connectivity index is 1.84. The minimum absolute atomic E-state index is 0.202. The molecule has 0 atom stereocenters. The zero-order valence-corrected chi connectivity index (χ0v) is 13.7. The molecule has 0 unspecified atom stereocenters. The molecule has 0 saturated heterocycles. The van der Waals surface area contributed by atoms with Gasteiger partial charge in [0.15, 0.2) is 11.0 Å². The Morgan fingerprint density at radius 1 is 1.09 bits per heavy atom. The molecule has 0 aliphatic carbocycles. The van der Waals surface area contributed by atoms with Crippen LogP contribution in [0.5, 0.6) is 5.75 Å². The van der Waals surface area contributed by atoms with Crippen LogP contribution in [0.15, 0.2) is 53.7 Å². The summed E-state index contributed by atoms with van der Waals surface area (Å²) >= 11 is 1.45. The number of nitrogens with zero attached hydrogens (tertiary/aromatic N) is 3. The van der Waals surface area contributed by atoms with Crippen LogP contribution in [-0.2, 0) is 12.8 Å². The highest BCUT2D eigenvalue weighted by molar-refractivity contribution is 7.98. The fourth-order valence-electron chi connectivity index (χ4n) is 2.26. The highest BCUT2D eigenvalue weighted by Crippen LogP contribution is 2.31. The van der Waals surface area contributed by atoms with E-state index in [9.17, 15) is 4.39 Å². The van der Waals surface area contributed by atoms with Crippen molar-refractivity contribution >= 4 is 11.8 Å². The predicted molar refractivity (Wildman–Crippen MR) is 89.0 cm³/mol. The van der Waals surface area contributed by atoms with E-state index in [1.807, 2.05) is 41.9 Å². The Bertz CT molecular complexity index is 819. The molecular formula is C17H16FN3OS. The third-order valence-electron chi connectivity index (χ3n) is 3.50. The number of halogens is 1. The van der Waals surface area contributed by atoms with Crippen LogP contribution in [0.2, 0.25) is 0 Å². The summed E-state index contributed by atoms with van der Waals surface area (Å²) in [6, 6.07) is 14.4. The van der Waals surface area contributed by atoms with Gasteiger partial charge in [-0.15, -0.1) is 10.2 Å². The molecule has 0 bridgehead atoms. The van der Waals surface area contributed by atoms with Gasteiger partial charge in [-0.25, -0.2) is 4.39 Å². The van der Waals surface area contributed by atoms with Crippen LogP contribution in [0, 0.1) is 5.82 Å². The van der Waals surface area contributed by atoms with Crippen molar-refractivity contribution in [1.82, 2.24) is 14.8 Å². The van der Waals surface area contributed by atoms with Gasteiger partial charge in [0.05, 0.1) is 12.7 Å². The molecule has 0 fully saturated rings. The van der Waals surface area contributed by atoms with Crippen molar-refractivity contribution in [3.63, 3.8) is 0 Å². The first-order valence-electron chi connectivity index (χ1n) is 7.09. The molecular weight excluding hydrogens is 313 g/mol. The number of methoxy groups -OCH3 is 1. The molecule has 2 aromatic carbocycles. The highest BCUT2D eigenvalue weighted by atomic mass is 32.2. The average molecular weight is 329 g/mol. The van der Waals surface area contributed by atoms with Crippen LogP contribution in [0.1, 0.15) is 5.56 Å². The predicted octanol–water partition coefficient (Wildman–Crippen LogP) is 3.92. The number of thioether (sulfide) groups is 1. The third-order valence-corrected chi connectivity index (χ3v) is 4.57. The van der Waals surface area contributed by atoms with Crippen LogP contribution in [-0.4, -0.2) is 21.9 Å². The number of rotatable bonds is 5. The summed E-state index contributed by atoms with van der Waals surface area (Å²) in [6.07, 6.45) is 0. The van der Waals surface area contributed by atoms with Crippen molar-refractivity contribution in [2.24, 2.45) is 7.05 Å². The van der Waals surface area contributed by atoms with Crippen molar-refractivity contribution in [3.8, 4) is 17.1 Å². The first-order valence-corrected chi connectivity index (χ1v) is 8.08. The van der Waals surface area contributed by atoms with Gasteiger partial charge in [0.25, 0.3) is 0 Å². The molecule has 0 aliphatic heterocycles. The smallest absolute Gasteiger partial charge is 0.191 e. The van der Waals surface area contributed by atoms with Crippen LogP contribution in [0.4, 0.5) is 4.39 Å². The van der Waals surface area contributed by atoms with Gasteiger partial charge in [0, 0.05) is 12.8 Å². The van der Waals surface area contributed by atoms with Crippen molar-refractivity contribution in [2.45, 2.75) is 10.9 Å². The Morgan fingerprint density at radius 3 is 2.61 bits per heavy atom. The summed E-state index contributed by atoms with van der Waals surface area (Å²) in [5, 5.41) is 9.19. The molecule has 118 valence electrons. The summed E-state index contributed by atoms with van der Waals surface area (Å²) in [6.45, 7) is 0. The number of para-hydroxylation sites is 1. The van der Waals surface area contributed by atoms with Gasteiger partial charge in [0.1, 0.15) is 11.6 Å². The SMILES string of the molecule is COc1ccccc1-c1nnc(SCc2ccccc2F)n1C. The molecule has 0 spiro atoms. The maximum absolute atomic E-state index is 13.7. The largest absolute Gasteiger partial charge is 0.496 e. The molecule has 1 aromatic heterocycles. The van der Waals surface area contributed by atoms with Gasteiger partial charge in [0.2, 0.25) is 0 Å². The second-order valence-corrected chi connectivity index (χ2v) is 5.89. The fourth-order valence-corrected chi connectivity index (χ4v) is 3.16. The summed E-state index contributed by atoms with van der Waals surface area (Å²) < 4.78 is 21.0. The van der Waals surface area contributed by atoms with Gasteiger partial charge >= 0.3 is 0 Å². The average Bonchev–Trinajstić information content (AvgIpc) is 2.95. The maximum atomic E-state index is 13.7. The van der Waals surface area contributed by atoms with Crippen molar-refractivity contribution < 1.29 is 9.13 Å². The van der Waals surface area contributed by atoms with Crippen molar-refractivity contribution in [1.29, 1.82) is 0 Å². The molecule has 0 N–H and O–H groups in total. The molecule has 0 saturated carbocycles. The van der Waals surface area contributed by atoms with Gasteiger partial charge in [-0.1, -0.05) is 42.1 Å². The van der Waals surface area contributed by atoms with E-state index in [1.54, 1.807) is 19.2 Å². The second kappa shape index (κ2) is 6.83. The zero-order chi connectivity index (χ0) is 16.2. The van der Waals surface area contributed by atoms with Crippen molar-refractivity contribution in [3.05, 3.63) is 59.9 Å². The molecule has 4 nitrogen and oxygen atoms in total. The quantitative estimate of drug-likeness (QED) is 0.665. The topological polar surface area (TPSA) is 39.9 Å². The van der Waals surface area contributed by atoms with E-state index in [0.717, 1.165) is 22.3 Å². The van der Waals surface area contributed by atoms with Crippen LogP contribution >= 0.6 is 11.8 Å². The zero-order valence-electron chi connectivity index (χ0n) is 12.9. The summed E-state index contributed by atoms with van der Waals surface area (Å²) in [4.78, 5) is 0. The van der Waals surface area contributed by atoms with E-state index in [1.165, 1.54) is 17.8 Å². The van der Waals surface area contributed by atoms with Crippen molar-refractivity contribution in [2.75, 3.05) is 7.11 Å². The van der Waals surface area contributed by atoms with E-state index in [4.69, 9.17) is 4.74 Å². The van der Waals surface area contributed by atoms with E-state index >= 15 is 0 Å². The lowest BCUT2D eigenvalue weighted by molar-refractivity contribution is 0.416. The van der Waals surface area contributed by atoms with Crippen LogP contribution in [0.3, 0.4) is 0 Å². The molecule has 6 heteroatoms. The van der Waals surface area contributed by atoms with Gasteiger partial charge in [-0.05, 0) is 23.8 Å². The van der Waals surface area contributed by atoms with E-state index < -0.39 is 0 Å². The summed E-state index contributed by atoms with van der Waals surface area (Å²) in [5.74, 6) is 1.77. The maximum Gasteiger partial charge on any atom is 0.191 e. The highest BCUT2D eigenvalue weighted by Gasteiger charge is 2.15. The molecule has 0 radical (unpaired) electrons. The standard InChI is InChI=1S/C17H16FN3OS/c1-21-16(13-8-4-6-10-15(13)22-2)19-20-17(21)23-11-12-7-3-5-9-14(12)18/h3-10H,11H2,1-2H3. The van der Waals surface area contributed by atoms with Gasteiger partial charge < -0.3 is 9.30 Å². The van der Waals surface area contributed by atoms with E-state index in [2.05, 4.69) is 10.2 Å². The number of ether oxygens (including phenoxy) is 1. The molecule has 0 amide bonds. The minimum Gasteiger partial charge on any atom is -0.496 e. The van der Waals surface area contributed by atoms with E-state index in [-0.39, 0.29) is 5.82 Å². The second-order valence-electron chi connectivity index (χ2n) is 4.95. The lowest BCUT2D eigenvalue weighted by Crippen LogP contribution is -1.97. The summed E-state index contributed by atoms with van der Waals surface area (Å²) in [7, 11) is 3.52. The Kier molecular flexibility index (Phi) is 4.62. The molecule has 3 rings (SSSR count). The van der Waals surface area contributed by atoms with Gasteiger partial charge in [-0.3, -0.25) is 0 Å². The first-order chi connectivity index (χ1) is 11.2. The third kappa shape index (κ3) is 3.22. The van der Waals surface area contributed by atoms with Crippen LogP contribution in [0.25, 0.3) is 11.4 Å². The number of hydrogen-bond donors (Lipinski definition) is 0. The number of benzene rings is 2. The lowest BCUT2D eigenvalue weighted by atomic mass is 10.2. The fraction of sp³-hybridized carbons (Fsp3) is 0.176. The van der Waals surface area contributed by atoms with E-state index in [0.29, 0.717) is 11.3 Å². The molecule has 23 heavy (non-hydrogen) atoms. The lowest BCUT2D eigenvalue weighted by Gasteiger charge is -2.08. The monoisotopic (exact) mass is 329 g/mol. The Hall–Kier alpha value is -2.34. The van der Waals surface area contributed by atoms with Gasteiger partial charge in [-0.2, -0.15) is 0 Å². The first kappa shape index (κ1) is 15.6. The Labute approximate surface area is 138 Å². The molecule has 0 aliphatic rings. The minimum atomic E-state index is -0.202. The Morgan fingerprint density at radius 2 is 1.83 bits per heavy atom. The molecule has 1 heterocycles.